The second-order valence-corrected chi connectivity index (χ2v) is 7.58. The van der Waals surface area contributed by atoms with Gasteiger partial charge in [0.2, 0.25) is 5.82 Å². The van der Waals surface area contributed by atoms with E-state index in [-0.39, 0.29) is 5.82 Å². The Kier molecular flexibility index (Phi) is 6.88. The molecule has 4 rings (SSSR count). The molecule has 34 heavy (non-hydrogen) atoms. The summed E-state index contributed by atoms with van der Waals surface area (Å²) in [5.41, 5.74) is 4.78. The molecule has 0 radical (unpaired) electrons. The number of methoxy groups -OCH3 is 1. The van der Waals surface area contributed by atoms with Crippen LogP contribution in [-0.2, 0) is 16.0 Å². The third-order valence-electron chi connectivity index (χ3n) is 5.14. The number of pyridine rings is 1. The van der Waals surface area contributed by atoms with Crippen molar-refractivity contribution in [2.75, 3.05) is 12.4 Å². The Bertz CT molecular complexity index is 1350. The van der Waals surface area contributed by atoms with Crippen molar-refractivity contribution < 1.29 is 14.3 Å². The van der Waals surface area contributed by atoms with E-state index in [1.165, 1.54) is 13.2 Å². The molecule has 0 bridgehead atoms. The van der Waals surface area contributed by atoms with Crippen molar-refractivity contribution in [3.05, 3.63) is 101 Å². The Morgan fingerprint density at radius 3 is 2.71 bits per heavy atom. The standard InChI is InChI=1S/C26H23N5O3/c1-17-8-9-19(10-11-24(32)34-2)14-21(17)20-12-13-27-22(16-20)29-26(33)25-28-23(30-31-25)15-18-6-4-3-5-7-18/h3-14,16H,15H2,1-2H3,(H,27,29,33)(H,28,30,31)/b11-10+. The number of aromatic nitrogens is 4. The smallest absolute Gasteiger partial charge is 0.330 e. The van der Waals surface area contributed by atoms with Gasteiger partial charge in [0.05, 0.1) is 7.11 Å². The molecule has 0 spiro atoms. The van der Waals surface area contributed by atoms with Crippen LogP contribution in [0.15, 0.2) is 72.9 Å². The molecular weight excluding hydrogens is 430 g/mol. The summed E-state index contributed by atoms with van der Waals surface area (Å²) in [6.07, 6.45) is 5.24. The topological polar surface area (TPSA) is 110 Å². The normalized spacial score (nSPS) is 10.9. The lowest BCUT2D eigenvalue weighted by Gasteiger charge is -2.09. The van der Waals surface area contributed by atoms with E-state index < -0.39 is 11.9 Å². The van der Waals surface area contributed by atoms with E-state index in [1.807, 2.05) is 61.5 Å². The number of aromatic amines is 1. The lowest BCUT2D eigenvalue weighted by Crippen LogP contribution is -2.14. The molecule has 2 N–H and O–H groups in total. The molecule has 2 aromatic heterocycles. The Morgan fingerprint density at radius 2 is 1.91 bits per heavy atom. The number of carbonyl (C=O) groups is 2. The zero-order chi connectivity index (χ0) is 23.9. The molecule has 0 fully saturated rings. The molecule has 0 aliphatic rings. The van der Waals surface area contributed by atoms with Gasteiger partial charge in [-0.1, -0.05) is 42.5 Å². The number of nitrogens with zero attached hydrogens (tertiary/aromatic N) is 3. The van der Waals surface area contributed by atoms with Crippen molar-refractivity contribution in [2.45, 2.75) is 13.3 Å². The van der Waals surface area contributed by atoms with Gasteiger partial charge < -0.3 is 10.1 Å². The molecule has 2 aromatic carbocycles. The summed E-state index contributed by atoms with van der Waals surface area (Å²) < 4.78 is 4.64. The largest absolute Gasteiger partial charge is 0.466 e. The van der Waals surface area contributed by atoms with Gasteiger partial charge in [-0.05, 0) is 59.0 Å². The van der Waals surface area contributed by atoms with E-state index in [0.717, 1.165) is 27.8 Å². The molecule has 0 unspecified atom stereocenters. The number of rotatable bonds is 7. The van der Waals surface area contributed by atoms with Crippen LogP contribution in [0.4, 0.5) is 5.82 Å². The maximum absolute atomic E-state index is 12.7. The first kappa shape index (κ1) is 22.6. The molecule has 4 aromatic rings. The maximum atomic E-state index is 12.7. The second-order valence-electron chi connectivity index (χ2n) is 7.58. The van der Waals surface area contributed by atoms with Crippen molar-refractivity contribution in [2.24, 2.45) is 0 Å². The molecule has 0 atom stereocenters. The van der Waals surface area contributed by atoms with Gasteiger partial charge in [-0.2, -0.15) is 0 Å². The van der Waals surface area contributed by atoms with Crippen LogP contribution in [0, 0.1) is 6.92 Å². The van der Waals surface area contributed by atoms with Crippen LogP contribution in [0.2, 0.25) is 0 Å². The number of anilines is 1. The first-order valence-electron chi connectivity index (χ1n) is 10.6. The van der Waals surface area contributed by atoms with Crippen molar-refractivity contribution >= 4 is 23.8 Å². The first-order chi connectivity index (χ1) is 16.5. The van der Waals surface area contributed by atoms with E-state index in [2.05, 4.69) is 30.2 Å². The Labute approximate surface area is 196 Å². The van der Waals surface area contributed by atoms with Crippen LogP contribution in [0.5, 0.6) is 0 Å². The first-order valence-corrected chi connectivity index (χ1v) is 10.6. The van der Waals surface area contributed by atoms with E-state index in [0.29, 0.717) is 18.1 Å². The van der Waals surface area contributed by atoms with Crippen molar-refractivity contribution in [3.63, 3.8) is 0 Å². The molecule has 170 valence electrons. The van der Waals surface area contributed by atoms with Crippen molar-refractivity contribution in [1.29, 1.82) is 0 Å². The third-order valence-corrected chi connectivity index (χ3v) is 5.14. The summed E-state index contributed by atoms with van der Waals surface area (Å²) in [5.74, 6) is 0.156. The lowest BCUT2D eigenvalue weighted by molar-refractivity contribution is -0.134. The maximum Gasteiger partial charge on any atom is 0.330 e. The van der Waals surface area contributed by atoms with Gasteiger partial charge in [-0.15, -0.1) is 5.10 Å². The number of nitrogens with one attached hydrogen (secondary N) is 2. The van der Waals surface area contributed by atoms with Crippen LogP contribution < -0.4 is 5.32 Å². The van der Waals surface area contributed by atoms with Crippen LogP contribution in [-0.4, -0.2) is 39.2 Å². The number of esters is 1. The molecular formula is C26H23N5O3. The highest BCUT2D eigenvalue weighted by molar-refractivity contribution is 6.01. The monoisotopic (exact) mass is 453 g/mol. The van der Waals surface area contributed by atoms with Crippen LogP contribution >= 0.6 is 0 Å². The van der Waals surface area contributed by atoms with Gasteiger partial charge in [0.1, 0.15) is 11.6 Å². The minimum Gasteiger partial charge on any atom is -0.466 e. The fraction of sp³-hybridized carbons (Fsp3) is 0.115. The van der Waals surface area contributed by atoms with Gasteiger partial charge in [-0.3, -0.25) is 9.89 Å². The minimum absolute atomic E-state index is 0.0456. The molecule has 1 amide bonds. The SMILES string of the molecule is COC(=O)/C=C/c1ccc(C)c(-c2ccnc(NC(=O)c3n[nH]c(Cc4ccccc4)n3)c2)c1. The fourth-order valence-corrected chi connectivity index (χ4v) is 3.39. The molecule has 0 saturated carbocycles. The van der Waals surface area contributed by atoms with Gasteiger partial charge in [0.15, 0.2) is 0 Å². The highest BCUT2D eigenvalue weighted by atomic mass is 16.5. The van der Waals surface area contributed by atoms with Gasteiger partial charge in [0.25, 0.3) is 5.91 Å². The summed E-state index contributed by atoms with van der Waals surface area (Å²) in [5, 5.41) is 9.61. The van der Waals surface area contributed by atoms with Crippen LogP contribution in [0.25, 0.3) is 17.2 Å². The average molecular weight is 454 g/mol. The number of ether oxygens (including phenoxy) is 1. The highest BCUT2D eigenvalue weighted by Crippen LogP contribution is 2.26. The molecule has 0 aliphatic carbocycles. The zero-order valence-electron chi connectivity index (χ0n) is 18.8. The Hall–Kier alpha value is -4.59. The van der Waals surface area contributed by atoms with Crippen LogP contribution in [0.3, 0.4) is 0 Å². The molecule has 8 heteroatoms. The van der Waals surface area contributed by atoms with E-state index in [4.69, 9.17) is 0 Å². The molecule has 0 aliphatic heterocycles. The number of H-pyrrole nitrogens is 1. The molecule has 2 heterocycles. The highest BCUT2D eigenvalue weighted by Gasteiger charge is 2.14. The fourth-order valence-electron chi connectivity index (χ4n) is 3.39. The number of benzene rings is 2. The number of hydrogen-bond acceptors (Lipinski definition) is 6. The molecule has 8 nitrogen and oxygen atoms in total. The van der Waals surface area contributed by atoms with E-state index >= 15 is 0 Å². The number of hydrogen-bond donors (Lipinski definition) is 2. The molecule has 0 saturated heterocycles. The van der Waals surface area contributed by atoms with Crippen molar-refractivity contribution in [3.8, 4) is 11.1 Å². The van der Waals surface area contributed by atoms with Crippen molar-refractivity contribution in [1.82, 2.24) is 20.2 Å². The van der Waals surface area contributed by atoms with Crippen LogP contribution in [0.1, 0.15) is 33.1 Å². The van der Waals surface area contributed by atoms with Gasteiger partial charge >= 0.3 is 5.97 Å². The number of amides is 1. The van der Waals surface area contributed by atoms with Gasteiger partial charge in [-0.25, -0.2) is 14.8 Å². The lowest BCUT2D eigenvalue weighted by atomic mass is 9.98. The summed E-state index contributed by atoms with van der Waals surface area (Å²) >= 11 is 0. The summed E-state index contributed by atoms with van der Waals surface area (Å²) in [6.45, 7) is 1.99. The Balaban J connectivity index is 1.49. The number of aryl methyl sites for hydroxylation is 1. The van der Waals surface area contributed by atoms with E-state index in [9.17, 15) is 9.59 Å². The zero-order valence-corrected chi connectivity index (χ0v) is 18.8. The third kappa shape index (κ3) is 5.60. The van der Waals surface area contributed by atoms with Gasteiger partial charge in [0, 0.05) is 18.7 Å². The number of carbonyl (C=O) groups excluding carboxylic acids is 2. The Morgan fingerprint density at radius 1 is 1.09 bits per heavy atom. The van der Waals surface area contributed by atoms with E-state index in [1.54, 1.807) is 18.3 Å². The predicted octanol–water partition coefficient (Wildman–Crippen LogP) is 4.20. The second kappa shape index (κ2) is 10.4. The quantitative estimate of drug-likeness (QED) is 0.321. The summed E-state index contributed by atoms with van der Waals surface area (Å²) in [4.78, 5) is 32.6. The summed E-state index contributed by atoms with van der Waals surface area (Å²) in [7, 11) is 1.34. The summed E-state index contributed by atoms with van der Waals surface area (Å²) in [6, 6.07) is 19.3. The minimum atomic E-state index is -0.452. The predicted molar refractivity (Wildman–Crippen MR) is 129 cm³/mol. The average Bonchev–Trinajstić information content (AvgIpc) is 3.32.